The van der Waals surface area contributed by atoms with Crippen molar-refractivity contribution >= 4 is 12.4 Å². The highest BCUT2D eigenvalue weighted by atomic mass is 35.5. The van der Waals surface area contributed by atoms with Gasteiger partial charge in [0.15, 0.2) is 0 Å². The van der Waals surface area contributed by atoms with Crippen molar-refractivity contribution in [3.63, 3.8) is 0 Å². The van der Waals surface area contributed by atoms with Gasteiger partial charge in [0.25, 0.3) is 0 Å². The Morgan fingerprint density at radius 2 is 2.00 bits per heavy atom. The Hall–Kier alpha value is -0.310. The van der Waals surface area contributed by atoms with Crippen LogP contribution in [-0.4, -0.2) is 11.5 Å². The van der Waals surface area contributed by atoms with E-state index in [-0.39, 0.29) is 23.9 Å². The molecule has 0 rings (SSSR count). The van der Waals surface area contributed by atoms with Crippen LogP contribution in [0.25, 0.3) is 0 Å². The highest BCUT2D eigenvalue weighted by molar-refractivity contribution is 5.85. The predicted octanol–water partition coefficient (Wildman–Crippen LogP) is 1.88. The Morgan fingerprint density at radius 1 is 1.44 bits per heavy atom. The minimum absolute atomic E-state index is 0. The third-order valence-corrected chi connectivity index (χ3v) is 0.944. The molecule has 0 aromatic carbocycles. The first kappa shape index (κ1) is 11.5. The number of hydrogen-bond donors (Lipinski definition) is 0. The topological polar surface area (TPSA) is 43.1 Å². The van der Waals surface area contributed by atoms with Gasteiger partial charge in [0.1, 0.15) is 0 Å². The van der Waals surface area contributed by atoms with E-state index in [1.807, 2.05) is 6.92 Å². The third-order valence-electron chi connectivity index (χ3n) is 0.944. The molecule has 0 unspecified atom stereocenters. The molecule has 0 saturated carbocycles. The molecule has 0 aromatic rings. The Kier molecular flexibility index (Phi) is 9.81. The summed E-state index contributed by atoms with van der Waals surface area (Å²) in [6, 6.07) is 0. The van der Waals surface area contributed by atoms with Crippen LogP contribution in [-0.2, 0) is 0 Å². The van der Waals surface area contributed by atoms with Gasteiger partial charge in [0.2, 0.25) is 6.54 Å². The first-order chi connectivity index (χ1) is 3.77. The fourth-order valence-corrected chi connectivity index (χ4v) is 0.491. The highest BCUT2D eigenvalue weighted by Gasteiger charge is 1.92. The summed E-state index contributed by atoms with van der Waals surface area (Å²) < 4.78 is 0. The molecule has 0 fully saturated rings. The Balaban J connectivity index is 0. The van der Waals surface area contributed by atoms with Gasteiger partial charge in [0, 0.05) is 11.3 Å². The second-order valence-corrected chi connectivity index (χ2v) is 1.76. The zero-order chi connectivity index (χ0) is 6.41. The zero-order valence-corrected chi connectivity index (χ0v) is 6.32. The fraction of sp³-hybridized carbons (Fsp3) is 1.00. The van der Waals surface area contributed by atoms with Gasteiger partial charge in [-0.1, -0.05) is 13.3 Å². The van der Waals surface area contributed by atoms with Crippen molar-refractivity contribution in [3.8, 4) is 0 Å². The highest BCUT2D eigenvalue weighted by Crippen LogP contribution is 1.92. The molecule has 0 bridgehead atoms. The lowest BCUT2D eigenvalue weighted by atomic mass is 10.3. The van der Waals surface area contributed by atoms with E-state index in [1.54, 1.807) is 0 Å². The summed E-state index contributed by atoms with van der Waals surface area (Å²) in [6.07, 6.45) is 2.75. The molecule has 56 valence electrons. The van der Waals surface area contributed by atoms with E-state index in [1.165, 1.54) is 0 Å². The second kappa shape index (κ2) is 7.69. The standard InChI is InChI=1S/C5H11NO2.ClH/c1-2-3-4-5-6(7)8;/h2-5H2,1H3;1H. The van der Waals surface area contributed by atoms with Gasteiger partial charge in [-0.3, -0.25) is 10.1 Å². The summed E-state index contributed by atoms with van der Waals surface area (Å²) in [6.45, 7) is 2.16. The molecule has 0 aromatic heterocycles. The maximum atomic E-state index is 9.68. The summed E-state index contributed by atoms with van der Waals surface area (Å²) in [5.74, 6) is 0. The molecule has 0 amide bonds. The van der Waals surface area contributed by atoms with E-state index in [0.717, 1.165) is 19.3 Å². The van der Waals surface area contributed by atoms with Crippen molar-refractivity contribution in [2.45, 2.75) is 26.2 Å². The van der Waals surface area contributed by atoms with Gasteiger partial charge in [-0.05, 0) is 6.42 Å². The van der Waals surface area contributed by atoms with Crippen LogP contribution in [0.3, 0.4) is 0 Å². The van der Waals surface area contributed by atoms with Crippen molar-refractivity contribution in [2.24, 2.45) is 0 Å². The van der Waals surface area contributed by atoms with E-state index in [0.29, 0.717) is 0 Å². The molecule has 4 heteroatoms. The van der Waals surface area contributed by atoms with E-state index in [4.69, 9.17) is 0 Å². The van der Waals surface area contributed by atoms with Gasteiger partial charge in [0.05, 0.1) is 0 Å². The molecular formula is C5H12ClNO2. The Bertz CT molecular complexity index is 77.4. The SMILES string of the molecule is CCCCC[N+](=O)[O-].Cl. The molecule has 0 heterocycles. The molecule has 0 spiro atoms. The molecule has 0 saturated heterocycles. The number of nitrogens with zero attached hydrogens (tertiary/aromatic N) is 1. The molecule has 0 aliphatic heterocycles. The number of halogens is 1. The molecule has 3 nitrogen and oxygen atoms in total. The summed E-state index contributed by atoms with van der Waals surface area (Å²) in [4.78, 5) is 9.41. The third kappa shape index (κ3) is 11.3. The first-order valence-electron chi connectivity index (χ1n) is 2.89. The average Bonchev–Trinajstić information content (AvgIpc) is 1.66. The Labute approximate surface area is 61.0 Å². The largest absolute Gasteiger partial charge is 0.265 e. The molecule has 9 heavy (non-hydrogen) atoms. The van der Waals surface area contributed by atoms with Crippen LogP contribution >= 0.6 is 12.4 Å². The van der Waals surface area contributed by atoms with Crippen molar-refractivity contribution in [3.05, 3.63) is 10.1 Å². The van der Waals surface area contributed by atoms with Crippen LogP contribution in [0.5, 0.6) is 0 Å². The van der Waals surface area contributed by atoms with Crippen molar-refractivity contribution in [2.75, 3.05) is 6.54 Å². The van der Waals surface area contributed by atoms with Gasteiger partial charge in [-0.25, -0.2) is 0 Å². The van der Waals surface area contributed by atoms with Gasteiger partial charge in [-0.15, -0.1) is 12.4 Å². The molecular weight excluding hydrogens is 142 g/mol. The Morgan fingerprint density at radius 3 is 2.33 bits per heavy atom. The van der Waals surface area contributed by atoms with E-state index in [2.05, 4.69) is 0 Å². The number of hydrogen-bond acceptors (Lipinski definition) is 2. The first-order valence-corrected chi connectivity index (χ1v) is 2.89. The van der Waals surface area contributed by atoms with Gasteiger partial charge < -0.3 is 0 Å². The van der Waals surface area contributed by atoms with Crippen molar-refractivity contribution in [1.82, 2.24) is 0 Å². The fourth-order valence-electron chi connectivity index (χ4n) is 0.491. The van der Waals surface area contributed by atoms with E-state index < -0.39 is 0 Å². The number of nitro groups is 1. The summed E-state index contributed by atoms with van der Waals surface area (Å²) in [7, 11) is 0. The quantitative estimate of drug-likeness (QED) is 0.352. The zero-order valence-electron chi connectivity index (χ0n) is 5.50. The van der Waals surface area contributed by atoms with Crippen molar-refractivity contribution < 1.29 is 4.92 Å². The monoisotopic (exact) mass is 153 g/mol. The minimum Gasteiger partial charge on any atom is -0.265 e. The normalized spacial score (nSPS) is 8.11. The summed E-state index contributed by atoms with van der Waals surface area (Å²) >= 11 is 0. The molecule has 0 radical (unpaired) electrons. The smallest absolute Gasteiger partial charge is 0.203 e. The van der Waals surface area contributed by atoms with Gasteiger partial charge >= 0.3 is 0 Å². The van der Waals surface area contributed by atoms with Crippen LogP contribution in [0.2, 0.25) is 0 Å². The van der Waals surface area contributed by atoms with Crippen LogP contribution in [0.4, 0.5) is 0 Å². The molecule has 0 atom stereocenters. The van der Waals surface area contributed by atoms with Crippen LogP contribution in [0.1, 0.15) is 26.2 Å². The average molecular weight is 154 g/mol. The molecule has 0 aliphatic rings. The molecule has 0 N–H and O–H groups in total. The van der Waals surface area contributed by atoms with Crippen LogP contribution < -0.4 is 0 Å². The lowest BCUT2D eigenvalue weighted by Crippen LogP contribution is -1.99. The molecule has 0 aliphatic carbocycles. The maximum absolute atomic E-state index is 9.68. The van der Waals surface area contributed by atoms with E-state index >= 15 is 0 Å². The van der Waals surface area contributed by atoms with Gasteiger partial charge in [-0.2, -0.15) is 0 Å². The predicted molar refractivity (Wildman–Crippen MR) is 38.6 cm³/mol. The lowest BCUT2D eigenvalue weighted by molar-refractivity contribution is -0.480. The lowest BCUT2D eigenvalue weighted by Gasteiger charge is -1.88. The minimum atomic E-state index is -0.268. The summed E-state index contributed by atoms with van der Waals surface area (Å²) in [5.41, 5.74) is 0. The van der Waals surface area contributed by atoms with E-state index in [9.17, 15) is 10.1 Å². The number of unbranched alkanes of at least 4 members (excludes halogenated alkanes) is 2. The van der Waals surface area contributed by atoms with Crippen molar-refractivity contribution in [1.29, 1.82) is 0 Å². The number of rotatable bonds is 4. The van der Waals surface area contributed by atoms with Crippen LogP contribution in [0.15, 0.2) is 0 Å². The summed E-state index contributed by atoms with van der Waals surface area (Å²) in [5, 5.41) is 9.68. The van der Waals surface area contributed by atoms with Crippen LogP contribution in [0, 0.1) is 10.1 Å². The maximum Gasteiger partial charge on any atom is 0.203 e. The second-order valence-electron chi connectivity index (χ2n) is 1.76.